The van der Waals surface area contributed by atoms with Gasteiger partial charge in [0.1, 0.15) is 0 Å². The topological polar surface area (TPSA) is 37.3 Å². The molecule has 98 valence electrons. The first kappa shape index (κ1) is 13.6. The van der Waals surface area contributed by atoms with E-state index in [1.807, 2.05) is 43.3 Å². The van der Waals surface area contributed by atoms with Crippen molar-refractivity contribution in [3.63, 3.8) is 0 Å². The van der Waals surface area contributed by atoms with Gasteiger partial charge in [0.15, 0.2) is 0 Å². The minimum Gasteiger partial charge on any atom is -0.481 e. The molecule has 19 heavy (non-hydrogen) atoms. The third-order valence-electron chi connectivity index (χ3n) is 3.10. The third-order valence-corrected chi connectivity index (χ3v) is 3.35. The Hall–Kier alpha value is -1.80. The number of carboxylic acid groups (broad SMARTS) is 1. The number of hydrogen-bond acceptors (Lipinski definition) is 1. The molecule has 0 spiro atoms. The van der Waals surface area contributed by atoms with Gasteiger partial charge in [0.25, 0.3) is 0 Å². The minimum absolute atomic E-state index is 0.468. The fourth-order valence-electron chi connectivity index (χ4n) is 2.09. The first-order chi connectivity index (χ1) is 9.06. The molecule has 1 unspecified atom stereocenters. The smallest absolute Gasteiger partial charge is 0.311 e. The van der Waals surface area contributed by atoms with E-state index in [0.717, 1.165) is 16.7 Å². The summed E-state index contributed by atoms with van der Waals surface area (Å²) in [5, 5.41) is 10.1. The second-order valence-electron chi connectivity index (χ2n) is 4.64. The number of rotatable bonds is 4. The molecule has 2 rings (SSSR count). The first-order valence-electron chi connectivity index (χ1n) is 6.10. The Kier molecular flexibility index (Phi) is 4.23. The van der Waals surface area contributed by atoms with Gasteiger partial charge >= 0.3 is 5.97 Å². The monoisotopic (exact) mass is 274 g/mol. The van der Waals surface area contributed by atoms with Crippen LogP contribution in [0.1, 0.15) is 22.6 Å². The molecule has 0 saturated carbocycles. The van der Waals surface area contributed by atoms with Gasteiger partial charge in [-0.2, -0.15) is 0 Å². The summed E-state index contributed by atoms with van der Waals surface area (Å²) in [5.41, 5.74) is 2.88. The lowest BCUT2D eigenvalue weighted by molar-refractivity contribution is -0.138. The number of halogens is 1. The molecular formula is C16H15ClO2. The molecule has 0 aliphatic rings. The molecule has 0 aromatic heterocycles. The van der Waals surface area contributed by atoms with Gasteiger partial charge in [-0.05, 0) is 36.6 Å². The molecule has 0 saturated heterocycles. The molecule has 0 aliphatic heterocycles. The summed E-state index contributed by atoms with van der Waals surface area (Å²) in [5.74, 6) is -1.33. The van der Waals surface area contributed by atoms with Crippen molar-refractivity contribution in [3.05, 3.63) is 70.2 Å². The van der Waals surface area contributed by atoms with E-state index in [1.165, 1.54) is 0 Å². The van der Waals surface area contributed by atoms with Gasteiger partial charge in [0, 0.05) is 5.02 Å². The summed E-state index contributed by atoms with van der Waals surface area (Å²) in [6.45, 7) is 1.96. The van der Waals surface area contributed by atoms with E-state index in [9.17, 15) is 9.90 Å². The van der Waals surface area contributed by atoms with Crippen LogP contribution in [0.25, 0.3) is 0 Å². The van der Waals surface area contributed by atoms with Gasteiger partial charge in [-0.3, -0.25) is 4.79 Å². The van der Waals surface area contributed by atoms with Crippen molar-refractivity contribution in [2.75, 3.05) is 0 Å². The van der Waals surface area contributed by atoms with E-state index in [4.69, 9.17) is 11.6 Å². The van der Waals surface area contributed by atoms with Crippen molar-refractivity contribution in [2.45, 2.75) is 19.3 Å². The summed E-state index contributed by atoms with van der Waals surface area (Å²) in [6.07, 6.45) is 0.468. The van der Waals surface area contributed by atoms with Crippen LogP contribution in [0.2, 0.25) is 5.02 Å². The fraction of sp³-hybridized carbons (Fsp3) is 0.188. The van der Waals surface area contributed by atoms with Crippen LogP contribution in [0.4, 0.5) is 0 Å². The van der Waals surface area contributed by atoms with Crippen molar-refractivity contribution < 1.29 is 9.90 Å². The molecular weight excluding hydrogens is 260 g/mol. The van der Waals surface area contributed by atoms with E-state index in [0.29, 0.717) is 11.4 Å². The van der Waals surface area contributed by atoms with Crippen LogP contribution in [-0.2, 0) is 11.2 Å². The second-order valence-corrected chi connectivity index (χ2v) is 5.07. The highest BCUT2D eigenvalue weighted by Crippen LogP contribution is 2.23. The Morgan fingerprint density at radius 2 is 1.89 bits per heavy atom. The molecule has 1 atom stereocenters. The third kappa shape index (κ3) is 3.58. The molecule has 0 heterocycles. The van der Waals surface area contributed by atoms with Crippen LogP contribution in [-0.4, -0.2) is 11.1 Å². The van der Waals surface area contributed by atoms with Crippen molar-refractivity contribution >= 4 is 17.6 Å². The molecule has 2 nitrogen and oxygen atoms in total. The Morgan fingerprint density at radius 1 is 1.21 bits per heavy atom. The predicted octanol–water partition coefficient (Wildman–Crippen LogP) is 4.06. The molecule has 2 aromatic carbocycles. The lowest BCUT2D eigenvalue weighted by Gasteiger charge is -2.13. The lowest BCUT2D eigenvalue weighted by atomic mass is 9.91. The highest BCUT2D eigenvalue weighted by atomic mass is 35.5. The largest absolute Gasteiger partial charge is 0.481 e. The Labute approximate surface area is 117 Å². The number of aliphatic carboxylic acids is 1. The molecule has 0 fully saturated rings. The van der Waals surface area contributed by atoms with Crippen molar-refractivity contribution in [1.82, 2.24) is 0 Å². The van der Waals surface area contributed by atoms with Crippen molar-refractivity contribution in [1.29, 1.82) is 0 Å². The minimum atomic E-state index is -0.805. The average molecular weight is 275 g/mol. The summed E-state index contributed by atoms with van der Waals surface area (Å²) in [4.78, 5) is 11.5. The zero-order valence-corrected chi connectivity index (χ0v) is 11.4. The Morgan fingerprint density at radius 3 is 2.47 bits per heavy atom. The fourth-order valence-corrected chi connectivity index (χ4v) is 2.22. The van der Waals surface area contributed by atoms with Gasteiger partial charge in [-0.25, -0.2) is 0 Å². The molecule has 3 heteroatoms. The zero-order valence-electron chi connectivity index (χ0n) is 10.6. The maximum absolute atomic E-state index is 11.5. The number of carbonyl (C=O) groups is 1. The Bertz CT molecular complexity index is 576. The predicted molar refractivity (Wildman–Crippen MR) is 76.7 cm³/mol. The molecule has 0 radical (unpaired) electrons. The second kappa shape index (κ2) is 5.89. The van der Waals surface area contributed by atoms with Crippen LogP contribution in [0.15, 0.2) is 48.5 Å². The number of hydrogen-bond donors (Lipinski definition) is 1. The molecule has 1 N–H and O–H groups in total. The van der Waals surface area contributed by atoms with E-state index in [1.54, 1.807) is 12.1 Å². The highest BCUT2D eigenvalue weighted by Gasteiger charge is 2.20. The van der Waals surface area contributed by atoms with E-state index >= 15 is 0 Å². The van der Waals surface area contributed by atoms with Crippen LogP contribution in [0, 0.1) is 6.92 Å². The van der Waals surface area contributed by atoms with Crippen LogP contribution < -0.4 is 0 Å². The van der Waals surface area contributed by atoms with Gasteiger partial charge < -0.3 is 5.11 Å². The number of carboxylic acids is 1. The van der Waals surface area contributed by atoms with Gasteiger partial charge in [0.2, 0.25) is 0 Å². The van der Waals surface area contributed by atoms with Crippen molar-refractivity contribution in [3.8, 4) is 0 Å². The normalized spacial score (nSPS) is 12.1. The molecule has 2 aromatic rings. The number of aryl methyl sites for hydroxylation is 1. The summed E-state index contributed by atoms with van der Waals surface area (Å²) in [7, 11) is 0. The van der Waals surface area contributed by atoms with E-state index < -0.39 is 11.9 Å². The summed E-state index contributed by atoms with van der Waals surface area (Å²) < 4.78 is 0. The summed E-state index contributed by atoms with van der Waals surface area (Å²) in [6, 6.07) is 14.9. The van der Waals surface area contributed by atoms with Gasteiger partial charge in [-0.1, -0.05) is 53.6 Å². The highest BCUT2D eigenvalue weighted by molar-refractivity contribution is 6.30. The quantitative estimate of drug-likeness (QED) is 0.913. The van der Waals surface area contributed by atoms with E-state index in [-0.39, 0.29) is 0 Å². The first-order valence-corrected chi connectivity index (χ1v) is 6.48. The van der Waals surface area contributed by atoms with Crippen LogP contribution >= 0.6 is 11.6 Å². The van der Waals surface area contributed by atoms with Gasteiger partial charge in [0.05, 0.1) is 5.92 Å². The van der Waals surface area contributed by atoms with Crippen molar-refractivity contribution in [2.24, 2.45) is 0 Å². The average Bonchev–Trinajstić information content (AvgIpc) is 2.37. The SMILES string of the molecule is Cc1cccc(C(Cc2ccc(Cl)cc2)C(=O)O)c1. The molecule has 0 aliphatic carbocycles. The van der Waals surface area contributed by atoms with Crippen LogP contribution in [0.3, 0.4) is 0 Å². The number of benzene rings is 2. The lowest BCUT2D eigenvalue weighted by Crippen LogP contribution is -2.14. The standard InChI is InChI=1S/C16H15ClO2/c1-11-3-2-4-13(9-11)15(16(18)19)10-12-5-7-14(17)8-6-12/h2-9,15H,10H2,1H3,(H,18,19). The molecule has 0 amide bonds. The maximum Gasteiger partial charge on any atom is 0.311 e. The summed E-state index contributed by atoms with van der Waals surface area (Å²) >= 11 is 5.83. The van der Waals surface area contributed by atoms with Crippen LogP contribution in [0.5, 0.6) is 0 Å². The van der Waals surface area contributed by atoms with E-state index in [2.05, 4.69) is 0 Å². The maximum atomic E-state index is 11.5. The molecule has 0 bridgehead atoms. The zero-order chi connectivity index (χ0) is 13.8. The van der Waals surface area contributed by atoms with Gasteiger partial charge in [-0.15, -0.1) is 0 Å². The Balaban J connectivity index is 2.26.